The third-order valence-electron chi connectivity index (χ3n) is 4.73. The summed E-state index contributed by atoms with van der Waals surface area (Å²) in [7, 11) is 0. The molecular formula is C25H20N2O. The second-order valence-corrected chi connectivity index (χ2v) is 6.56. The van der Waals surface area contributed by atoms with E-state index in [1.54, 1.807) is 6.21 Å². The number of carbonyl (C=O) groups is 1. The number of hydrazone groups is 1. The molecule has 1 N–H and O–H groups in total. The lowest BCUT2D eigenvalue weighted by Gasteiger charge is -2.16. The lowest BCUT2D eigenvalue weighted by atomic mass is 9.91. The monoisotopic (exact) mass is 364 g/mol. The van der Waals surface area contributed by atoms with Crippen LogP contribution in [0.3, 0.4) is 0 Å². The molecule has 0 aromatic heterocycles. The molecule has 136 valence electrons. The molecule has 0 unspecified atom stereocenters. The maximum absolute atomic E-state index is 13.0. The average Bonchev–Trinajstić information content (AvgIpc) is 2.76. The Morgan fingerprint density at radius 1 is 0.714 bits per heavy atom. The Bertz CT molecular complexity index is 1060. The van der Waals surface area contributed by atoms with Gasteiger partial charge in [-0.1, -0.05) is 103 Å². The number of rotatable bonds is 5. The summed E-state index contributed by atoms with van der Waals surface area (Å²) in [5.41, 5.74) is 5.56. The summed E-state index contributed by atoms with van der Waals surface area (Å²) in [5, 5.41) is 6.48. The van der Waals surface area contributed by atoms with Crippen LogP contribution in [0.2, 0.25) is 0 Å². The molecule has 0 aliphatic carbocycles. The molecule has 0 heterocycles. The molecule has 3 heteroatoms. The zero-order valence-corrected chi connectivity index (χ0v) is 15.3. The van der Waals surface area contributed by atoms with Crippen molar-refractivity contribution in [3.63, 3.8) is 0 Å². The number of hydrogen-bond donors (Lipinski definition) is 1. The van der Waals surface area contributed by atoms with Crippen LogP contribution in [-0.2, 0) is 4.79 Å². The van der Waals surface area contributed by atoms with Gasteiger partial charge in [0.05, 0.1) is 12.1 Å². The number of fused-ring (bicyclic) bond motifs is 1. The fourth-order valence-electron chi connectivity index (χ4n) is 3.38. The number of benzene rings is 4. The predicted octanol–water partition coefficient (Wildman–Crippen LogP) is 5.12. The van der Waals surface area contributed by atoms with Crippen molar-refractivity contribution >= 4 is 22.9 Å². The minimum atomic E-state index is -0.410. The van der Waals surface area contributed by atoms with E-state index in [1.165, 1.54) is 0 Å². The lowest BCUT2D eigenvalue weighted by Crippen LogP contribution is -2.26. The topological polar surface area (TPSA) is 41.5 Å². The number of carbonyl (C=O) groups excluding carboxylic acids is 1. The number of amides is 1. The quantitative estimate of drug-likeness (QED) is 0.387. The predicted molar refractivity (Wildman–Crippen MR) is 114 cm³/mol. The smallest absolute Gasteiger partial charge is 0.252 e. The standard InChI is InChI=1S/C25H20N2O/c28-25(24(20-11-3-1-4-12-20)21-13-5-2-6-14-21)27-26-18-22-16-9-15-19-10-7-8-17-23(19)22/h1-18,24H,(H,27,28)/b26-18+. The van der Waals surface area contributed by atoms with Gasteiger partial charge in [-0.3, -0.25) is 4.79 Å². The molecule has 4 rings (SSSR count). The zero-order valence-electron chi connectivity index (χ0n) is 15.3. The van der Waals surface area contributed by atoms with Gasteiger partial charge in [0.1, 0.15) is 0 Å². The maximum atomic E-state index is 13.0. The summed E-state index contributed by atoms with van der Waals surface area (Å²) >= 11 is 0. The van der Waals surface area contributed by atoms with Gasteiger partial charge in [0.25, 0.3) is 5.91 Å². The van der Waals surface area contributed by atoms with Crippen LogP contribution >= 0.6 is 0 Å². The highest BCUT2D eigenvalue weighted by Gasteiger charge is 2.22. The SMILES string of the molecule is O=C(N/N=C/c1cccc2ccccc12)C(c1ccccc1)c1ccccc1. The second-order valence-electron chi connectivity index (χ2n) is 6.56. The van der Waals surface area contributed by atoms with Gasteiger partial charge in [0, 0.05) is 5.56 Å². The molecule has 1 amide bonds. The van der Waals surface area contributed by atoms with Crippen molar-refractivity contribution in [2.24, 2.45) is 5.10 Å². The van der Waals surface area contributed by atoms with Crippen LogP contribution in [0.4, 0.5) is 0 Å². The van der Waals surface area contributed by atoms with Crippen LogP contribution in [-0.4, -0.2) is 12.1 Å². The van der Waals surface area contributed by atoms with Crippen molar-refractivity contribution in [2.45, 2.75) is 5.92 Å². The Balaban J connectivity index is 1.59. The van der Waals surface area contributed by atoms with Gasteiger partial charge in [-0.2, -0.15) is 5.10 Å². The molecule has 0 saturated carbocycles. The number of nitrogens with zero attached hydrogens (tertiary/aromatic N) is 1. The van der Waals surface area contributed by atoms with E-state index in [-0.39, 0.29) is 5.91 Å². The van der Waals surface area contributed by atoms with Crippen molar-refractivity contribution in [2.75, 3.05) is 0 Å². The Kier molecular flexibility index (Phi) is 5.25. The maximum Gasteiger partial charge on any atom is 0.252 e. The molecule has 0 atom stereocenters. The molecule has 4 aromatic carbocycles. The van der Waals surface area contributed by atoms with Crippen LogP contribution in [0.25, 0.3) is 10.8 Å². The van der Waals surface area contributed by atoms with Crippen LogP contribution in [0.5, 0.6) is 0 Å². The highest BCUT2D eigenvalue weighted by molar-refractivity contribution is 6.00. The molecule has 28 heavy (non-hydrogen) atoms. The first-order valence-electron chi connectivity index (χ1n) is 9.23. The minimum Gasteiger partial charge on any atom is -0.272 e. The summed E-state index contributed by atoms with van der Waals surface area (Å²) in [5.74, 6) is -0.569. The van der Waals surface area contributed by atoms with Gasteiger partial charge >= 0.3 is 0 Å². The van der Waals surface area contributed by atoms with Crippen molar-refractivity contribution < 1.29 is 4.79 Å². The summed E-state index contributed by atoms with van der Waals surface area (Å²) in [4.78, 5) is 13.0. The average molecular weight is 364 g/mol. The molecule has 0 bridgehead atoms. The van der Waals surface area contributed by atoms with E-state index < -0.39 is 5.92 Å². The van der Waals surface area contributed by atoms with E-state index in [0.29, 0.717) is 0 Å². The summed E-state index contributed by atoms with van der Waals surface area (Å²) in [6, 6.07) is 33.7. The Labute approximate surface area is 164 Å². The summed E-state index contributed by atoms with van der Waals surface area (Å²) in [6.45, 7) is 0. The van der Waals surface area contributed by atoms with Gasteiger partial charge < -0.3 is 0 Å². The number of nitrogens with one attached hydrogen (secondary N) is 1. The zero-order chi connectivity index (χ0) is 19.2. The van der Waals surface area contributed by atoms with Crippen molar-refractivity contribution in [1.82, 2.24) is 5.43 Å². The minimum absolute atomic E-state index is 0.158. The van der Waals surface area contributed by atoms with E-state index in [0.717, 1.165) is 27.5 Å². The fraction of sp³-hybridized carbons (Fsp3) is 0.0400. The second kappa shape index (κ2) is 8.31. The van der Waals surface area contributed by atoms with Gasteiger partial charge in [-0.25, -0.2) is 5.43 Å². The first kappa shape index (κ1) is 17.7. The van der Waals surface area contributed by atoms with E-state index in [1.807, 2.05) is 84.9 Å². The fourth-order valence-corrected chi connectivity index (χ4v) is 3.38. The van der Waals surface area contributed by atoms with Gasteiger partial charge in [0.2, 0.25) is 0 Å². The van der Waals surface area contributed by atoms with E-state index in [4.69, 9.17) is 0 Å². The van der Waals surface area contributed by atoms with Crippen molar-refractivity contribution in [1.29, 1.82) is 0 Å². The highest BCUT2D eigenvalue weighted by atomic mass is 16.2. The van der Waals surface area contributed by atoms with Crippen LogP contribution in [0.1, 0.15) is 22.6 Å². The van der Waals surface area contributed by atoms with E-state index in [9.17, 15) is 4.79 Å². The Hall–Kier alpha value is -3.72. The lowest BCUT2D eigenvalue weighted by molar-refractivity contribution is -0.121. The molecule has 0 aliphatic heterocycles. The van der Waals surface area contributed by atoms with Crippen LogP contribution < -0.4 is 5.43 Å². The van der Waals surface area contributed by atoms with E-state index in [2.05, 4.69) is 28.7 Å². The van der Waals surface area contributed by atoms with E-state index >= 15 is 0 Å². The first-order valence-corrected chi connectivity index (χ1v) is 9.23. The molecule has 3 nitrogen and oxygen atoms in total. The third-order valence-corrected chi connectivity index (χ3v) is 4.73. The first-order chi connectivity index (χ1) is 13.8. The molecule has 0 saturated heterocycles. The third kappa shape index (κ3) is 3.84. The van der Waals surface area contributed by atoms with Gasteiger partial charge in [0.15, 0.2) is 0 Å². The Morgan fingerprint density at radius 2 is 1.29 bits per heavy atom. The van der Waals surface area contributed by atoms with Gasteiger partial charge in [-0.05, 0) is 21.9 Å². The molecular weight excluding hydrogens is 344 g/mol. The Morgan fingerprint density at radius 3 is 1.96 bits per heavy atom. The van der Waals surface area contributed by atoms with Crippen LogP contribution in [0.15, 0.2) is 108 Å². The van der Waals surface area contributed by atoms with Crippen molar-refractivity contribution in [3.05, 3.63) is 120 Å². The molecule has 0 radical (unpaired) electrons. The molecule has 0 fully saturated rings. The number of hydrogen-bond acceptors (Lipinski definition) is 2. The highest BCUT2D eigenvalue weighted by Crippen LogP contribution is 2.24. The molecule has 0 spiro atoms. The summed E-state index contributed by atoms with van der Waals surface area (Å²) in [6.07, 6.45) is 1.70. The summed E-state index contributed by atoms with van der Waals surface area (Å²) < 4.78 is 0. The van der Waals surface area contributed by atoms with Crippen LogP contribution in [0, 0.1) is 0 Å². The molecule has 4 aromatic rings. The molecule has 0 aliphatic rings. The van der Waals surface area contributed by atoms with Gasteiger partial charge in [-0.15, -0.1) is 0 Å². The normalized spacial score (nSPS) is 11.2. The largest absolute Gasteiger partial charge is 0.272 e. The van der Waals surface area contributed by atoms with Crippen molar-refractivity contribution in [3.8, 4) is 0 Å².